The van der Waals surface area contributed by atoms with Crippen LogP contribution in [0.15, 0.2) is 30.3 Å². The van der Waals surface area contributed by atoms with Crippen molar-refractivity contribution in [3.8, 4) is 11.8 Å². The molecule has 0 N–H and O–H groups in total. The summed E-state index contributed by atoms with van der Waals surface area (Å²) in [6.07, 6.45) is 3.21. The smallest absolute Gasteiger partial charge is 0.120 e. The maximum Gasteiger partial charge on any atom is 0.120 e. The van der Waals surface area contributed by atoms with Gasteiger partial charge in [0.05, 0.1) is 6.07 Å². The second-order valence-corrected chi connectivity index (χ2v) is 4.25. The monoisotopic (exact) mass is 201 g/mol. The lowest BCUT2D eigenvalue weighted by molar-refractivity contribution is 0.131. The Balaban J connectivity index is 2.84. The Kier molecular flexibility index (Phi) is 3.51. The van der Waals surface area contributed by atoms with E-state index in [4.69, 9.17) is 10.00 Å². The quantitative estimate of drug-likeness (QED) is 0.687. The molecule has 2 heteroatoms. The molecule has 0 aromatic heterocycles. The third-order valence-electron chi connectivity index (χ3n) is 1.63. The van der Waals surface area contributed by atoms with Crippen molar-refractivity contribution in [2.75, 3.05) is 0 Å². The summed E-state index contributed by atoms with van der Waals surface area (Å²) in [6, 6.07) is 9.64. The Hall–Kier alpha value is -1.75. The summed E-state index contributed by atoms with van der Waals surface area (Å²) < 4.78 is 5.71. The van der Waals surface area contributed by atoms with E-state index >= 15 is 0 Å². The summed E-state index contributed by atoms with van der Waals surface area (Å²) in [5.74, 6) is 0.822. The molecular weight excluding hydrogens is 186 g/mol. The average molecular weight is 201 g/mol. The van der Waals surface area contributed by atoms with E-state index in [1.165, 1.54) is 6.08 Å². The maximum atomic E-state index is 8.42. The minimum atomic E-state index is -0.197. The van der Waals surface area contributed by atoms with Crippen LogP contribution < -0.4 is 4.74 Å². The van der Waals surface area contributed by atoms with Gasteiger partial charge in [-0.3, -0.25) is 0 Å². The molecule has 0 unspecified atom stereocenters. The first-order chi connectivity index (χ1) is 7.01. The van der Waals surface area contributed by atoms with Crippen molar-refractivity contribution in [2.45, 2.75) is 26.4 Å². The van der Waals surface area contributed by atoms with Gasteiger partial charge in [0, 0.05) is 6.08 Å². The summed E-state index contributed by atoms with van der Waals surface area (Å²) in [6.45, 7) is 6.01. The number of ether oxygens (including phenoxy) is 1. The van der Waals surface area contributed by atoms with Gasteiger partial charge < -0.3 is 4.74 Å². The van der Waals surface area contributed by atoms with Gasteiger partial charge in [-0.25, -0.2) is 0 Å². The summed E-state index contributed by atoms with van der Waals surface area (Å²) in [7, 11) is 0. The molecule has 0 aliphatic rings. The summed E-state index contributed by atoms with van der Waals surface area (Å²) in [5, 5.41) is 8.42. The van der Waals surface area contributed by atoms with Crippen molar-refractivity contribution in [1.29, 1.82) is 5.26 Å². The predicted octanol–water partition coefficient (Wildman–Crippen LogP) is 3.40. The molecule has 1 aromatic carbocycles. The van der Waals surface area contributed by atoms with Crippen LogP contribution in [0.3, 0.4) is 0 Å². The van der Waals surface area contributed by atoms with Gasteiger partial charge in [0.2, 0.25) is 0 Å². The fourth-order valence-corrected chi connectivity index (χ4v) is 1.17. The molecule has 2 nitrogen and oxygen atoms in total. The fourth-order valence-electron chi connectivity index (χ4n) is 1.17. The van der Waals surface area contributed by atoms with Crippen LogP contribution in [-0.2, 0) is 0 Å². The molecule has 0 fully saturated rings. The average Bonchev–Trinajstić information content (AvgIpc) is 2.12. The number of allylic oxidation sites excluding steroid dienone is 1. The van der Waals surface area contributed by atoms with Crippen LogP contribution in [0.5, 0.6) is 5.75 Å². The minimum Gasteiger partial charge on any atom is -0.488 e. The topological polar surface area (TPSA) is 33.0 Å². The van der Waals surface area contributed by atoms with Crippen LogP contribution >= 0.6 is 0 Å². The predicted molar refractivity (Wildman–Crippen MR) is 61.5 cm³/mol. The highest BCUT2D eigenvalue weighted by Crippen LogP contribution is 2.19. The summed E-state index contributed by atoms with van der Waals surface area (Å²) >= 11 is 0. The minimum absolute atomic E-state index is 0.197. The van der Waals surface area contributed by atoms with Crippen LogP contribution in [0.4, 0.5) is 0 Å². The number of hydrogen-bond donors (Lipinski definition) is 0. The first-order valence-electron chi connectivity index (χ1n) is 4.86. The van der Waals surface area contributed by atoms with Crippen LogP contribution in [-0.4, -0.2) is 5.60 Å². The highest BCUT2D eigenvalue weighted by molar-refractivity contribution is 5.53. The van der Waals surface area contributed by atoms with E-state index in [-0.39, 0.29) is 5.60 Å². The van der Waals surface area contributed by atoms with Gasteiger partial charge in [0.15, 0.2) is 0 Å². The number of rotatable bonds is 2. The van der Waals surface area contributed by atoms with E-state index in [1.54, 1.807) is 6.08 Å². The first-order valence-corrected chi connectivity index (χ1v) is 4.86. The third kappa shape index (κ3) is 4.33. The molecule has 0 atom stereocenters. The van der Waals surface area contributed by atoms with Gasteiger partial charge >= 0.3 is 0 Å². The molecule has 1 aromatic rings. The summed E-state index contributed by atoms with van der Waals surface area (Å²) in [4.78, 5) is 0. The molecule has 1 rings (SSSR count). The zero-order chi connectivity index (χ0) is 11.3. The van der Waals surface area contributed by atoms with E-state index in [0.717, 1.165) is 11.3 Å². The molecule has 0 amide bonds. The lowest BCUT2D eigenvalue weighted by Crippen LogP contribution is -2.22. The Morgan fingerprint density at radius 2 is 2.07 bits per heavy atom. The van der Waals surface area contributed by atoms with E-state index in [9.17, 15) is 0 Å². The number of nitrogens with zero attached hydrogens (tertiary/aromatic N) is 1. The Morgan fingerprint density at radius 3 is 2.67 bits per heavy atom. The molecule has 0 radical (unpaired) electrons. The Bertz CT molecular complexity index is 394. The van der Waals surface area contributed by atoms with Crippen LogP contribution in [0.2, 0.25) is 0 Å². The molecule has 0 bridgehead atoms. The van der Waals surface area contributed by atoms with Gasteiger partial charge in [-0.2, -0.15) is 5.26 Å². The SMILES string of the molecule is CC(C)(C)Oc1cccc(/C=C/C#N)c1. The van der Waals surface area contributed by atoms with Gasteiger partial charge in [-0.1, -0.05) is 12.1 Å². The van der Waals surface area contributed by atoms with Crippen molar-refractivity contribution in [3.05, 3.63) is 35.9 Å². The van der Waals surface area contributed by atoms with Gasteiger partial charge in [-0.15, -0.1) is 0 Å². The lowest BCUT2D eigenvalue weighted by atomic mass is 10.1. The highest BCUT2D eigenvalue weighted by atomic mass is 16.5. The van der Waals surface area contributed by atoms with Gasteiger partial charge in [-0.05, 0) is 44.5 Å². The first kappa shape index (κ1) is 11.3. The third-order valence-corrected chi connectivity index (χ3v) is 1.63. The van der Waals surface area contributed by atoms with Gasteiger partial charge in [0.1, 0.15) is 11.4 Å². The van der Waals surface area contributed by atoms with E-state index < -0.39 is 0 Å². The standard InChI is InChI=1S/C13H15NO/c1-13(2,3)15-12-8-4-6-11(10-12)7-5-9-14/h4-8,10H,1-3H3/b7-5+. The second kappa shape index (κ2) is 4.65. The normalized spacial score (nSPS) is 11.3. The second-order valence-electron chi connectivity index (χ2n) is 4.25. The molecule has 0 spiro atoms. The van der Waals surface area contributed by atoms with E-state index in [2.05, 4.69) is 0 Å². The van der Waals surface area contributed by atoms with E-state index in [0.29, 0.717) is 0 Å². The largest absolute Gasteiger partial charge is 0.488 e. The lowest BCUT2D eigenvalue weighted by Gasteiger charge is -2.21. The fraction of sp³-hybridized carbons (Fsp3) is 0.308. The molecule has 0 saturated heterocycles. The molecule has 0 saturated carbocycles. The zero-order valence-corrected chi connectivity index (χ0v) is 9.32. The maximum absolute atomic E-state index is 8.42. The van der Waals surface area contributed by atoms with Crippen molar-refractivity contribution in [3.63, 3.8) is 0 Å². The Morgan fingerprint density at radius 1 is 1.33 bits per heavy atom. The van der Waals surface area contributed by atoms with Crippen molar-refractivity contribution in [1.82, 2.24) is 0 Å². The van der Waals surface area contributed by atoms with Crippen molar-refractivity contribution < 1.29 is 4.74 Å². The van der Waals surface area contributed by atoms with Crippen LogP contribution in [0.1, 0.15) is 26.3 Å². The van der Waals surface area contributed by atoms with Crippen LogP contribution in [0, 0.1) is 11.3 Å². The number of hydrogen-bond acceptors (Lipinski definition) is 2. The van der Waals surface area contributed by atoms with Crippen LogP contribution in [0.25, 0.3) is 6.08 Å². The van der Waals surface area contributed by atoms with Crippen molar-refractivity contribution >= 4 is 6.08 Å². The molecular formula is C13H15NO. The molecule has 0 aliphatic heterocycles. The Labute approximate surface area is 90.8 Å². The number of nitriles is 1. The zero-order valence-electron chi connectivity index (χ0n) is 9.32. The number of benzene rings is 1. The summed E-state index contributed by atoms with van der Waals surface area (Å²) in [5.41, 5.74) is 0.774. The van der Waals surface area contributed by atoms with E-state index in [1.807, 2.05) is 51.1 Å². The molecule has 0 heterocycles. The molecule has 15 heavy (non-hydrogen) atoms. The molecule has 0 aliphatic carbocycles. The molecule has 78 valence electrons. The highest BCUT2D eigenvalue weighted by Gasteiger charge is 2.11. The van der Waals surface area contributed by atoms with Crippen molar-refractivity contribution in [2.24, 2.45) is 0 Å². The van der Waals surface area contributed by atoms with Gasteiger partial charge in [0.25, 0.3) is 0 Å².